The second-order valence-corrected chi connectivity index (χ2v) is 4.07. The van der Waals surface area contributed by atoms with Gasteiger partial charge in [-0.15, -0.1) is 11.3 Å². The Hall–Kier alpha value is -0.380. The van der Waals surface area contributed by atoms with E-state index >= 15 is 0 Å². The van der Waals surface area contributed by atoms with Gasteiger partial charge in [0.15, 0.2) is 0 Å². The van der Waals surface area contributed by atoms with Crippen LogP contribution >= 0.6 is 11.3 Å². The first-order valence-electron chi connectivity index (χ1n) is 3.87. The van der Waals surface area contributed by atoms with E-state index in [0.29, 0.717) is 6.54 Å². The van der Waals surface area contributed by atoms with Crippen LogP contribution in [-0.4, -0.2) is 5.21 Å². The zero-order valence-corrected chi connectivity index (χ0v) is 7.08. The zero-order chi connectivity index (χ0) is 7.68. The van der Waals surface area contributed by atoms with E-state index in [-0.39, 0.29) is 0 Å². The summed E-state index contributed by atoms with van der Waals surface area (Å²) in [5.41, 5.74) is 3.68. The highest BCUT2D eigenvalue weighted by Crippen LogP contribution is 2.30. The van der Waals surface area contributed by atoms with Gasteiger partial charge in [-0.2, -0.15) is 0 Å². The molecule has 0 aliphatic heterocycles. The summed E-state index contributed by atoms with van der Waals surface area (Å²) in [5.74, 6) is 0. The summed E-state index contributed by atoms with van der Waals surface area (Å²) in [6, 6.07) is 2.20. The fourth-order valence-electron chi connectivity index (χ4n) is 1.56. The molecule has 1 aromatic heterocycles. The minimum absolute atomic E-state index is 0.595. The fraction of sp³-hybridized carbons (Fsp3) is 0.500. The van der Waals surface area contributed by atoms with Gasteiger partial charge < -0.3 is 5.21 Å². The predicted molar refractivity (Wildman–Crippen MR) is 45.0 cm³/mol. The molecule has 0 aromatic carbocycles. The summed E-state index contributed by atoms with van der Waals surface area (Å²) in [6.45, 7) is 0.595. The van der Waals surface area contributed by atoms with Crippen LogP contribution in [0.2, 0.25) is 0 Å². The zero-order valence-electron chi connectivity index (χ0n) is 6.26. The second kappa shape index (κ2) is 2.93. The van der Waals surface area contributed by atoms with Crippen LogP contribution in [0.3, 0.4) is 0 Å². The summed E-state index contributed by atoms with van der Waals surface area (Å²) in [4.78, 5) is 2.77. The van der Waals surface area contributed by atoms with Crippen LogP contribution < -0.4 is 5.48 Å². The van der Waals surface area contributed by atoms with Crippen LogP contribution in [0.15, 0.2) is 6.07 Å². The van der Waals surface area contributed by atoms with Gasteiger partial charge in [0, 0.05) is 9.75 Å². The molecule has 1 aromatic rings. The van der Waals surface area contributed by atoms with Gasteiger partial charge in [0.1, 0.15) is 0 Å². The van der Waals surface area contributed by atoms with Crippen LogP contribution in [0.1, 0.15) is 21.7 Å². The maximum absolute atomic E-state index is 8.47. The van der Waals surface area contributed by atoms with E-state index in [4.69, 9.17) is 5.21 Å². The molecule has 0 spiro atoms. The van der Waals surface area contributed by atoms with E-state index in [1.165, 1.54) is 34.6 Å². The van der Waals surface area contributed by atoms with Crippen molar-refractivity contribution in [2.75, 3.05) is 0 Å². The number of hydroxylamine groups is 1. The first-order valence-corrected chi connectivity index (χ1v) is 4.69. The van der Waals surface area contributed by atoms with Crippen LogP contribution in [0, 0.1) is 0 Å². The Kier molecular flexibility index (Phi) is 1.94. The van der Waals surface area contributed by atoms with Gasteiger partial charge in [-0.3, -0.25) is 0 Å². The van der Waals surface area contributed by atoms with E-state index in [1.807, 2.05) is 11.3 Å². The summed E-state index contributed by atoms with van der Waals surface area (Å²) in [5, 5.41) is 8.47. The molecule has 2 rings (SSSR count). The molecule has 0 saturated carbocycles. The van der Waals surface area contributed by atoms with E-state index < -0.39 is 0 Å². The van der Waals surface area contributed by atoms with Crippen LogP contribution in [0.25, 0.3) is 0 Å². The first-order chi connectivity index (χ1) is 5.40. The van der Waals surface area contributed by atoms with E-state index in [2.05, 4.69) is 11.5 Å². The Morgan fingerprint density at radius 2 is 2.45 bits per heavy atom. The molecule has 1 aliphatic rings. The van der Waals surface area contributed by atoms with Crippen molar-refractivity contribution in [3.8, 4) is 0 Å². The molecule has 1 aliphatic carbocycles. The molecule has 0 unspecified atom stereocenters. The van der Waals surface area contributed by atoms with Crippen molar-refractivity contribution in [3.63, 3.8) is 0 Å². The van der Waals surface area contributed by atoms with Crippen LogP contribution in [-0.2, 0) is 19.4 Å². The number of hydrogen-bond donors (Lipinski definition) is 2. The Labute approximate surface area is 69.8 Å². The molecule has 11 heavy (non-hydrogen) atoms. The third kappa shape index (κ3) is 1.31. The summed E-state index contributed by atoms with van der Waals surface area (Å²) < 4.78 is 0. The first kappa shape index (κ1) is 7.28. The molecule has 0 atom stereocenters. The molecule has 0 fully saturated rings. The Bertz CT molecular complexity index is 235. The average molecular weight is 169 g/mol. The number of nitrogens with one attached hydrogen (secondary N) is 1. The van der Waals surface area contributed by atoms with Crippen molar-refractivity contribution in [1.29, 1.82) is 0 Å². The number of aryl methyl sites for hydroxylation is 2. The third-order valence-corrected chi connectivity index (χ3v) is 3.29. The van der Waals surface area contributed by atoms with E-state index in [1.54, 1.807) is 0 Å². The SMILES string of the molecule is ONCc1cc2c(s1)CCC2. The quantitative estimate of drug-likeness (QED) is 0.661. The van der Waals surface area contributed by atoms with Gasteiger partial charge in [-0.1, -0.05) is 0 Å². The number of hydrogen-bond acceptors (Lipinski definition) is 3. The Balaban J connectivity index is 2.20. The molecule has 2 nitrogen and oxygen atoms in total. The topological polar surface area (TPSA) is 32.3 Å². The molecule has 0 radical (unpaired) electrons. The van der Waals surface area contributed by atoms with E-state index in [9.17, 15) is 0 Å². The second-order valence-electron chi connectivity index (χ2n) is 2.85. The van der Waals surface area contributed by atoms with Crippen molar-refractivity contribution < 1.29 is 5.21 Å². The molecule has 1 heterocycles. The molecule has 60 valence electrons. The number of rotatable bonds is 2. The molecule has 0 bridgehead atoms. The van der Waals surface area contributed by atoms with Gasteiger partial charge in [0.05, 0.1) is 6.54 Å². The van der Waals surface area contributed by atoms with Crippen molar-refractivity contribution in [2.45, 2.75) is 25.8 Å². The maximum atomic E-state index is 8.47. The Morgan fingerprint density at radius 1 is 1.55 bits per heavy atom. The minimum atomic E-state index is 0.595. The molecule has 0 amide bonds. The highest BCUT2D eigenvalue weighted by molar-refractivity contribution is 7.12. The molecular weight excluding hydrogens is 158 g/mol. The third-order valence-electron chi connectivity index (χ3n) is 2.05. The number of fused-ring (bicyclic) bond motifs is 1. The van der Waals surface area contributed by atoms with Crippen molar-refractivity contribution in [1.82, 2.24) is 5.48 Å². The number of thiophene rings is 1. The predicted octanol–water partition coefficient (Wildman–Crippen LogP) is 1.72. The molecule has 2 N–H and O–H groups in total. The fourth-order valence-corrected chi connectivity index (χ4v) is 2.75. The lowest BCUT2D eigenvalue weighted by atomic mass is 10.2. The van der Waals surface area contributed by atoms with Gasteiger partial charge in [-0.25, -0.2) is 5.48 Å². The highest BCUT2D eigenvalue weighted by atomic mass is 32.1. The van der Waals surface area contributed by atoms with Crippen LogP contribution in [0.4, 0.5) is 0 Å². The van der Waals surface area contributed by atoms with Gasteiger partial charge in [-0.05, 0) is 30.9 Å². The average Bonchev–Trinajstić information content (AvgIpc) is 2.46. The standard InChI is InChI=1S/C8H11NOS/c10-9-5-7-4-6-2-1-3-8(6)11-7/h4,9-10H,1-3,5H2. The van der Waals surface area contributed by atoms with Crippen molar-refractivity contribution >= 4 is 11.3 Å². The molecule has 3 heteroatoms. The van der Waals surface area contributed by atoms with Crippen LogP contribution in [0.5, 0.6) is 0 Å². The lowest BCUT2D eigenvalue weighted by molar-refractivity contribution is 0.162. The largest absolute Gasteiger partial charge is 0.316 e. The normalized spacial score (nSPS) is 15.4. The van der Waals surface area contributed by atoms with Crippen molar-refractivity contribution in [3.05, 3.63) is 21.4 Å². The maximum Gasteiger partial charge on any atom is 0.0552 e. The van der Waals surface area contributed by atoms with Crippen molar-refractivity contribution in [2.24, 2.45) is 0 Å². The molecule has 0 saturated heterocycles. The minimum Gasteiger partial charge on any atom is -0.316 e. The summed E-state index contributed by atoms with van der Waals surface area (Å²) in [6.07, 6.45) is 3.79. The lowest BCUT2D eigenvalue weighted by Crippen LogP contribution is -2.03. The van der Waals surface area contributed by atoms with Gasteiger partial charge >= 0.3 is 0 Å². The summed E-state index contributed by atoms with van der Waals surface area (Å²) in [7, 11) is 0. The Morgan fingerprint density at radius 3 is 3.18 bits per heavy atom. The van der Waals surface area contributed by atoms with Gasteiger partial charge in [0.2, 0.25) is 0 Å². The monoisotopic (exact) mass is 169 g/mol. The smallest absolute Gasteiger partial charge is 0.0552 e. The molecular formula is C8H11NOS. The lowest BCUT2D eigenvalue weighted by Gasteiger charge is -1.91. The summed E-state index contributed by atoms with van der Waals surface area (Å²) >= 11 is 1.82. The highest BCUT2D eigenvalue weighted by Gasteiger charge is 2.13. The van der Waals surface area contributed by atoms with Gasteiger partial charge in [0.25, 0.3) is 0 Å². The van der Waals surface area contributed by atoms with E-state index in [0.717, 1.165) is 0 Å².